The zero-order valence-corrected chi connectivity index (χ0v) is 11.8. The fraction of sp³-hybridized carbons (Fsp3) is 0.235. The van der Waals surface area contributed by atoms with Crippen LogP contribution in [-0.2, 0) is 22.6 Å². The summed E-state index contributed by atoms with van der Waals surface area (Å²) in [7, 11) is 1.40. The maximum Gasteiger partial charge on any atom is 0.327 e. The van der Waals surface area contributed by atoms with Gasteiger partial charge in [0.2, 0.25) is 0 Å². The number of rotatable bonds is 3. The lowest BCUT2D eigenvalue weighted by atomic mass is 10.1. The number of hydrogen-bond acceptors (Lipinski definition) is 4. The van der Waals surface area contributed by atoms with Crippen LogP contribution in [0.15, 0.2) is 48.5 Å². The fourth-order valence-electron chi connectivity index (χ4n) is 2.81. The highest BCUT2D eigenvalue weighted by atomic mass is 16.5. The monoisotopic (exact) mass is 283 g/mol. The molecule has 1 atom stereocenters. The first kappa shape index (κ1) is 13.6. The molecule has 2 aromatic rings. The second-order valence-corrected chi connectivity index (χ2v) is 5.19. The number of carbonyl (C=O) groups is 1. The van der Waals surface area contributed by atoms with Crippen LogP contribution in [0.1, 0.15) is 22.7 Å². The first-order valence-corrected chi connectivity index (χ1v) is 6.86. The van der Waals surface area contributed by atoms with Crippen LogP contribution in [0.25, 0.3) is 0 Å². The van der Waals surface area contributed by atoms with Gasteiger partial charge in [-0.1, -0.05) is 36.4 Å². The largest absolute Gasteiger partial charge is 0.508 e. The Kier molecular flexibility index (Phi) is 3.62. The third-order valence-corrected chi connectivity index (χ3v) is 3.86. The Hall–Kier alpha value is -2.33. The molecular formula is C17H17NO3. The number of phenols is 1. The molecule has 21 heavy (non-hydrogen) atoms. The van der Waals surface area contributed by atoms with Gasteiger partial charge in [-0.05, 0) is 28.8 Å². The van der Waals surface area contributed by atoms with E-state index in [0.29, 0.717) is 0 Å². The number of hydrogen-bond donors (Lipinski definition) is 1. The Morgan fingerprint density at radius 1 is 1.10 bits per heavy atom. The van der Waals surface area contributed by atoms with Crippen molar-refractivity contribution >= 4 is 5.97 Å². The molecule has 0 bridgehead atoms. The van der Waals surface area contributed by atoms with Gasteiger partial charge in [-0.2, -0.15) is 0 Å². The third-order valence-electron chi connectivity index (χ3n) is 3.86. The quantitative estimate of drug-likeness (QED) is 0.880. The highest BCUT2D eigenvalue weighted by molar-refractivity contribution is 5.77. The van der Waals surface area contributed by atoms with Gasteiger partial charge in [-0.3, -0.25) is 4.90 Å². The minimum atomic E-state index is -0.456. The Morgan fingerprint density at radius 2 is 1.67 bits per heavy atom. The van der Waals surface area contributed by atoms with Crippen molar-refractivity contribution in [1.82, 2.24) is 4.90 Å². The molecule has 1 aliphatic rings. The topological polar surface area (TPSA) is 49.8 Å². The van der Waals surface area contributed by atoms with Crippen LogP contribution in [0, 0.1) is 0 Å². The molecule has 0 saturated carbocycles. The molecule has 0 spiro atoms. The molecule has 1 aliphatic heterocycles. The molecule has 0 amide bonds. The van der Waals surface area contributed by atoms with Crippen molar-refractivity contribution in [2.75, 3.05) is 7.11 Å². The second-order valence-electron chi connectivity index (χ2n) is 5.19. The summed E-state index contributed by atoms with van der Waals surface area (Å²) in [5.41, 5.74) is 3.31. The molecule has 4 heteroatoms. The standard InChI is InChI=1S/C17H17NO3/c1-21-17(20)16(12-6-8-15(19)9-7-12)18-10-13-4-2-3-5-14(13)11-18/h2-9,16,19H,10-11H2,1H3/t16-/m0/s1. The second kappa shape index (κ2) is 5.58. The van der Waals surface area contributed by atoms with Crippen molar-refractivity contribution in [3.63, 3.8) is 0 Å². The number of methoxy groups -OCH3 is 1. The van der Waals surface area contributed by atoms with Gasteiger partial charge < -0.3 is 9.84 Å². The summed E-state index contributed by atoms with van der Waals surface area (Å²) >= 11 is 0. The van der Waals surface area contributed by atoms with Crippen LogP contribution >= 0.6 is 0 Å². The van der Waals surface area contributed by atoms with Gasteiger partial charge in [0, 0.05) is 13.1 Å². The van der Waals surface area contributed by atoms with Gasteiger partial charge in [0.15, 0.2) is 0 Å². The number of phenolic OH excluding ortho intramolecular Hbond substituents is 1. The highest BCUT2D eigenvalue weighted by Crippen LogP contribution is 2.32. The predicted octanol–water partition coefficient (Wildman–Crippen LogP) is 2.62. The Labute approximate surface area is 123 Å². The molecule has 0 aliphatic carbocycles. The predicted molar refractivity (Wildman–Crippen MR) is 78.6 cm³/mol. The molecule has 3 rings (SSSR count). The Balaban J connectivity index is 1.91. The lowest BCUT2D eigenvalue weighted by molar-refractivity contribution is -0.147. The smallest absolute Gasteiger partial charge is 0.327 e. The van der Waals surface area contributed by atoms with E-state index >= 15 is 0 Å². The Morgan fingerprint density at radius 3 is 2.19 bits per heavy atom. The van der Waals surface area contributed by atoms with E-state index in [1.54, 1.807) is 24.3 Å². The van der Waals surface area contributed by atoms with E-state index in [1.807, 2.05) is 12.1 Å². The molecule has 108 valence electrons. The number of nitrogens with zero attached hydrogens (tertiary/aromatic N) is 1. The third kappa shape index (κ3) is 2.62. The first-order chi connectivity index (χ1) is 10.2. The Bertz CT molecular complexity index is 626. The normalized spacial score (nSPS) is 15.5. The number of benzene rings is 2. The van der Waals surface area contributed by atoms with Gasteiger partial charge in [-0.25, -0.2) is 4.79 Å². The van der Waals surface area contributed by atoms with Gasteiger partial charge in [0.05, 0.1) is 7.11 Å². The van der Waals surface area contributed by atoms with Gasteiger partial charge in [-0.15, -0.1) is 0 Å². The molecule has 0 saturated heterocycles. The van der Waals surface area contributed by atoms with Crippen LogP contribution in [0.5, 0.6) is 5.75 Å². The highest BCUT2D eigenvalue weighted by Gasteiger charge is 2.32. The van der Waals surface area contributed by atoms with Crippen molar-refractivity contribution in [1.29, 1.82) is 0 Å². The summed E-state index contributed by atoms with van der Waals surface area (Å²) in [6, 6.07) is 14.4. The maximum atomic E-state index is 12.2. The lowest BCUT2D eigenvalue weighted by Crippen LogP contribution is -2.30. The molecule has 0 aromatic heterocycles. The molecular weight excluding hydrogens is 266 g/mol. The summed E-state index contributed by atoms with van der Waals surface area (Å²) in [5, 5.41) is 9.41. The van der Waals surface area contributed by atoms with E-state index in [4.69, 9.17) is 4.74 Å². The van der Waals surface area contributed by atoms with Gasteiger partial charge >= 0.3 is 5.97 Å². The number of aromatic hydroxyl groups is 1. The molecule has 1 N–H and O–H groups in total. The number of carbonyl (C=O) groups excluding carboxylic acids is 1. The molecule has 0 radical (unpaired) electrons. The molecule has 0 fully saturated rings. The summed E-state index contributed by atoms with van der Waals surface area (Å²) in [6.45, 7) is 1.44. The molecule has 0 unspecified atom stereocenters. The van der Waals surface area contributed by atoms with Crippen LogP contribution < -0.4 is 0 Å². The minimum Gasteiger partial charge on any atom is -0.508 e. The van der Waals surface area contributed by atoms with E-state index in [2.05, 4.69) is 17.0 Å². The molecule has 4 nitrogen and oxygen atoms in total. The minimum absolute atomic E-state index is 0.187. The molecule has 2 aromatic carbocycles. The average molecular weight is 283 g/mol. The lowest BCUT2D eigenvalue weighted by Gasteiger charge is -2.25. The van der Waals surface area contributed by atoms with Crippen LogP contribution in [-0.4, -0.2) is 23.1 Å². The average Bonchev–Trinajstić information content (AvgIpc) is 2.92. The number of esters is 1. The van der Waals surface area contributed by atoms with Crippen molar-refractivity contribution in [3.05, 3.63) is 65.2 Å². The summed E-state index contributed by atoms with van der Waals surface area (Å²) in [5.74, 6) is -0.0967. The van der Waals surface area contributed by atoms with E-state index in [-0.39, 0.29) is 11.7 Å². The van der Waals surface area contributed by atoms with Crippen molar-refractivity contribution < 1.29 is 14.6 Å². The zero-order valence-electron chi connectivity index (χ0n) is 11.8. The summed E-state index contributed by atoms with van der Waals surface area (Å²) < 4.78 is 4.97. The van der Waals surface area contributed by atoms with Crippen LogP contribution in [0.3, 0.4) is 0 Å². The van der Waals surface area contributed by atoms with E-state index in [0.717, 1.165) is 18.7 Å². The van der Waals surface area contributed by atoms with E-state index < -0.39 is 6.04 Å². The van der Waals surface area contributed by atoms with Gasteiger partial charge in [0.1, 0.15) is 11.8 Å². The van der Waals surface area contributed by atoms with Crippen molar-refractivity contribution in [3.8, 4) is 5.75 Å². The van der Waals surface area contributed by atoms with Crippen LogP contribution in [0.4, 0.5) is 0 Å². The number of fused-ring (bicyclic) bond motifs is 1. The van der Waals surface area contributed by atoms with Gasteiger partial charge in [0.25, 0.3) is 0 Å². The van der Waals surface area contributed by atoms with Crippen molar-refractivity contribution in [2.45, 2.75) is 19.1 Å². The maximum absolute atomic E-state index is 12.2. The summed E-state index contributed by atoms with van der Waals surface area (Å²) in [6.07, 6.45) is 0. The zero-order chi connectivity index (χ0) is 14.8. The van der Waals surface area contributed by atoms with E-state index in [1.165, 1.54) is 18.2 Å². The van der Waals surface area contributed by atoms with Crippen LogP contribution in [0.2, 0.25) is 0 Å². The SMILES string of the molecule is COC(=O)[C@H](c1ccc(O)cc1)N1Cc2ccccc2C1. The molecule has 1 heterocycles. The number of ether oxygens (including phenoxy) is 1. The summed E-state index contributed by atoms with van der Waals surface area (Å²) in [4.78, 5) is 14.3. The van der Waals surface area contributed by atoms with E-state index in [9.17, 15) is 9.90 Å². The fourth-order valence-corrected chi connectivity index (χ4v) is 2.81. The van der Waals surface area contributed by atoms with Crippen molar-refractivity contribution in [2.24, 2.45) is 0 Å². The first-order valence-electron chi connectivity index (χ1n) is 6.86.